The monoisotopic (exact) mass is 276 g/mol. The van der Waals surface area contributed by atoms with Gasteiger partial charge in [0.2, 0.25) is 0 Å². The van der Waals surface area contributed by atoms with Crippen molar-refractivity contribution in [3.8, 4) is 0 Å². The number of oxazole rings is 1. The fraction of sp³-hybridized carbons (Fsp3) is 0.308. The highest BCUT2D eigenvalue weighted by molar-refractivity contribution is 7.99. The van der Waals surface area contributed by atoms with Gasteiger partial charge >= 0.3 is 5.97 Å². The zero-order valence-electron chi connectivity index (χ0n) is 10.1. The van der Waals surface area contributed by atoms with Crippen molar-refractivity contribution in [1.29, 1.82) is 0 Å². The minimum atomic E-state index is -0.963. The number of carbonyl (C=O) groups is 1. The molecular weight excluding hydrogens is 264 g/mol. The van der Waals surface area contributed by atoms with Crippen molar-refractivity contribution in [2.24, 2.45) is 0 Å². The van der Waals surface area contributed by atoms with Crippen molar-refractivity contribution in [3.63, 3.8) is 0 Å². The van der Waals surface area contributed by atoms with Crippen LogP contribution in [0.25, 0.3) is 0 Å². The first kappa shape index (κ1) is 12.2. The molecule has 1 aliphatic rings. The molecule has 2 heterocycles. The molecule has 1 aliphatic carbocycles. The minimum Gasteiger partial charge on any atom is -0.478 e. The van der Waals surface area contributed by atoms with E-state index in [1.165, 1.54) is 12.5 Å². The van der Waals surface area contributed by atoms with Crippen LogP contribution in [0.4, 0.5) is 0 Å². The summed E-state index contributed by atoms with van der Waals surface area (Å²) in [5, 5.41) is 10.2. The highest BCUT2D eigenvalue weighted by Crippen LogP contribution is 2.31. The van der Waals surface area contributed by atoms with E-state index in [4.69, 9.17) is 4.42 Å². The van der Waals surface area contributed by atoms with Gasteiger partial charge in [-0.15, -0.1) is 0 Å². The van der Waals surface area contributed by atoms with E-state index in [0.717, 1.165) is 48.7 Å². The van der Waals surface area contributed by atoms with Crippen LogP contribution in [0, 0.1) is 0 Å². The zero-order valence-corrected chi connectivity index (χ0v) is 10.9. The average molecular weight is 276 g/mol. The molecule has 0 saturated heterocycles. The molecule has 1 N–H and O–H groups in total. The second-order valence-electron chi connectivity index (χ2n) is 4.36. The van der Waals surface area contributed by atoms with E-state index in [1.54, 1.807) is 6.07 Å². The van der Waals surface area contributed by atoms with Gasteiger partial charge in [0, 0.05) is 5.69 Å². The molecule has 3 rings (SSSR count). The van der Waals surface area contributed by atoms with Gasteiger partial charge in [-0.3, -0.25) is 0 Å². The predicted molar refractivity (Wildman–Crippen MR) is 68.5 cm³/mol. The molecule has 2 aromatic heterocycles. The number of hydrogen-bond acceptors (Lipinski definition) is 5. The lowest BCUT2D eigenvalue weighted by molar-refractivity contribution is 0.0692. The lowest BCUT2D eigenvalue weighted by atomic mass is 9.95. The largest absolute Gasteiger partial charge is 0.478 e. The molecule has 0 aliphatic heterocycles. The summed E-state index contributed by atoms with van der Waals surface area (Å²) in [7, 11) is 0. The van der Waals surface area contributed by atoms with Crippen molar-refractivity contribution < 1.29 is 14.3 Å². The highest BCUT2D eigenvalue weighted by atomic mass is 32.2. The molecule has 0 radical (unpaired) electrons. The topological polar surface area (TPSA) is 76.2 Å². The second-order valence-corrected chi connectivity index (χ2v) is 5.30. The predicted octanol–water partition coefficient (Wildman–Crippen LogP) is 2.80. The van der Waals surface area contributed by atoms with Crippen LogP contribution >= 0.6 is 11.8 Å². The Morgan fingerprint density at radius 2 is 2.21 bits per heavy atom. The third kappa shape index (κ3) is 2.49. The number of aryl methyl sites for hydroxylation is 2. The normalized spacial score (nSPS) is 14.1. The maximum absolute atomic E-state index is 11.3. The van der Waals surface area contributed by atoms with Crippen LogP contribution in [-0.4, -0.2) is 21.0 Å². The van der Waals surface area contributed by atoms with E-state index in [0.29, 0.717) is 10.2 Å². The van der Waals surface area contributed by atoms with Gasteiger partial charge in [-0.05, 0) is 49.1 Å². The van der Waals surface area contributed by atoms with Gasteiger partial charge in [0.25, 0.3) is 5.22 Å². The molecule has 0 aromatic carbocycles. The molecule has 19 heavy (non-hydrogen) atoms. The smallest absolute Gasteiger partial charge is 0.338 e. The zero-order chi connectivity index (χ0) is 13.2. The fourth-order valence-corrected chi connectivity index (χ4v) is 2.98. The number of aromatic nitrogens is 2. The summed E-state index contributed by atoms with van der Waals surface area (Å²) in [6.45, 7) is 0. The number of carboxylic acid groups (broad SMARTS) is 1. The van der Waals surface area contributed by atoms with Gasteiger partial charge < -0.3 is 9.52 Å². The van der Waals surface area contributed by atoms with Gasteiger partial charge in [0.1, 0.15) is 11.3 Å². The van der Waals surface area contributed by atoms with Crippen molar-refractivity contribution in [1.82, 2.24) is 9.97 Å². The Kier molecular flexibility index (Phi) is 3.25. The van der Waals surface area contributed by atoms with E-state index in [2.05, 4.69) is 9.97 Å². The summed E-state index contributed by atoms with van der Waals surface area (Å²) in [6.07, 6.45) is 7.01. The minimum absolute atomic E-state index is 0.226. The molecule has 0 spiro atoms. The maximum Gasteiger partial charge on any atom is 0.338 e. The summed E-state index contributed by atoms with van der Waals surface area (Å²) >= 11 is 1.15. The van der Waals surface area contributed by atoms with Crippen molar-refractivity contribution in [2.45, 2.75) is 35.9 Å². The molecule has 0 fully saturated rings. The highest BCUT2D eigenvalue weighted by Gasteiger charge is 2.20. The van der Waals surface area contributed by atoms with Crippen molar-refractivity contribution in [2.75, 3.05) is 0 Å². The Labute approximate surface area is 114 Å². The number of pyridine rings is 1. The van der Waals surface area contributed by atoms with Crippen LogP contribution in [0.5, 0.6) is 0 Å². The summed E-state index contributed by atoms with van der Waals surface area (Å²) in [4.78, 5) is 19.8. The fourth-order valence-electron chi connectivity index (χ4n) is 2.19. The first-order valence-electron chi connectivity index (χ1n) is 6.07. The van der Waals surface area contributed by atoms with E-state index < -0.39 is 5.97 Å². The lowest BCUT2D eigenvalue weighted by Crippen LogP contribution is -2.10. The standard InChI is InChI=1S/C13H12N2O3S/c16-12(17)9-7-8-3-1-2-4-10(8)15-11(9)19-13-14-5-6-18-13/h5-7H,1-4H2,(H,16,17). The molecule has 2 aromatic rings. The average Bonchev–Trinajstić information content (AvgIpc) is 2.90. The Balaban J connectivity index is 2.03. The molecular formula is C13H12N2O3S. The summed E-state index contributed by atoms with van der Waals surface area (Å²) in [5.41, 5.74) is 2.29. The third-order valence-corrected chi connectivity index (χ3v) is 3.97. The molecule has 0 unspecified atom stereocenters. The van der Waals surface area contributed by atoms with Gasteiger partial charge in [0.15, 0.2) is 0 Å². The van der Waals surface area contributed by atoms with Crippen LogP contribution in [0.2, 0.25) is 0 Å². The van der Waals surface area contributed by atoms with Crippen LogP contribution in [0.3, 0.4) is 0 Å². The van der Waals surface area contributed by atoms with E-state index in [1.807, 2.05) is 0 Å². The molecule has 0 atom stereocenters. The van der Waals surface area contributed by atoms with Crippen LogP contribution in [0.1, 0.15) is 34.5 Å². The van der Waals surface area contributed by atoms with E-state index in [9.17, 15) is 9.90 Å². The SMILES string of the molecule is O=C(O)c1cc2c(nc1Sc1ncco1)CCCC2. The van der Waals surface area contributed by atoms with Gasteiger partial charge in [-0.2, -0.15) is 0 Å². The number of nitrogens with zero attached hydrogens (tertiary/aromatic N) is 2. The molecule has 6 heteroatoms. The Morgan fingerprint density at radius 3 is 2.95 bits per heavy atom. The molecule has 0 bridgehead atoms. The number of fused-ring (bicyclic) bond motifs is 1. The molecule has 98 valence electrons. The lowest BCUT2D eigenvalue weighted by Gasteiger charge is -2.16. The Morgan fingerprint density at radius 1 is 1.37 bits per heavy atom. The number of rotatable bonds is 3. The Hall–Kier alpha value is -1.82. The van der Waals surface area contributed by atoms with Gasteiger partial charge in [-0.1, -0.05) is 0 Å². The summed E-state index contributed by atoms with van der Waals surface area (Å²) in [5.74, 6) is -0.963. The third-order valence-electron chi connectivity index (χ3n) is 3.09. The second kappa shape index (κ2) is 5.05. The molecule has 0 amide bonds. The van der Waals surface area contributed by atoms with Gasteiger partial charge in [-0.25, -0.2) is 14.8 Å². The quantitative estimate of drug-likeness (QED) is 0.929. The molecule has 0 saturated carbocycles. The summed E-state index contributed by atoms with van der Waals surface area (Å²) in [6, 6.07) is 1.75. The maximum atomic E-state index is 11.3. The number of aromatic carboxylic acids is 1. The summed E-state index contributed by atoms with van der Waals surface area (Å²) < 4.78 is 5.14. The Bertz CT molecular complexity index is 611. The van der Waals surface area contributed by atoms with Gasteiger partial charge in [0.05, 0.1) is 11.8 Å². The van der Waals surface area contributed by atoms with Crippen molar-refractivity contribution >= 4 is 17.7 Å². The van der Waals surface area contributed by atoms with E-state index >= 15 is 0 Å². The first-order valence-corrected chi connectivity index (χ1v) is 6.89. The number of hydrogen-bond donors (Lipinski definition) is 1. The van der Waals surface area contributed by atoms with Crippen LogP contribution in [-0.2, 0) is 12.8 Å². The first-order chi connectivity index (χ1) is 9.24. The van der Waals surface area contributed by atoms with Crippen LogP contribution < -0.4 is 0 Å². The van der Waals surface area contributed by atoms with Crippen molar-refractivity contribution in [3.05, 3.63) is 35.3 Å². The molecule has 5 nitrogen and oxygen atoms in total. The number of carboxylic acids is 1. The van der Waals surface area contributed by atoms with E-state index in [-0.39, 0.29) is 5.56 Å². The van der Waals surface area contributed by atoms with Crippen LogP contribution in [0.15, 0.2) is 33.2 Å².